The number of methoxy groups -OCH3 is 2. The molecule has 200 valence electrons. The first kappa shape index (κ1) is 27.5. The van der Waals surface area contributed by atoms with Crippen LogP contribution in [0.3, 0.4) is 0 Å². The normalized spacial score (nSPS) is 11.2. The van der Waals surface area contributed by atoms with E-state index in [1.54, 1.807) is 44.6 Å². The molecular weight excluding hydrogens is 504 g/mol. The van der Waals surface area contributed by atoms with E-state index in [9.17, 15) is 9.59 Å². The van der Waals surface area contributed by atoms with Crippen molar-refractivity contribution in [1.82, 2.24) is 0 Å². The first-order valence-corrected chi connectivity index (χ1v) is 12.4. The average molecular weight is 533 g/mol. The number of amides is 2. The Balaban J connectivity index is 1.50. The number of hydrogen-bond donors (Lipinski definition) is 2. The third-order valence-electron chi connectivity index (χ3n) is 5.64. The Kier molecular flexibility index (Phi) is 9.55. The number of carbonyl (C=O) groups is 2. The number of nitrogens with one attached hydrogen (secondary N) is 2. The summed E-state index contributed by atoms with van der Waals surface area (Å²) in [4.78, 5) is 25.3. The summed E-state index contributed by atoms with van der Waals surface area (Å²) >= 11 is 0. The van der Waals surface area contributed by atoms with E-state index in [0.29, 0.717) is 22.7 Å². The van der Waals surface area contributed by atoms with Crippen molar-refractivity contribution in [3.63, 3.8) is 0 Å². The summed E-state index contributed by atoms with van der Waals surface area (Å²) in [6, 6.07) is 28.9. The van der Waals surface area contributed by atoms with E-state index in [4.69, 9.17) is 9.47 Å². The van der Waals surface area contributed by atoms with Gasteiger partial charge in [0.05, 0.1) is 25.6 Å². The van der Waals surface area contributed by atoms with Crippen LogP contribution in [-0.2, 0) is 9.59 Å². The highest BCUT2D eigenvalue weighted by Crippen LogP contribution is 2.30. The summed E-state index contributed by atoms with van der Waals surface area (Å²) in [5.41, 5.74) is 3.66. The number of rotatable bonds is 10. The first-order chi connectivity index (χ1) is 19.5. The summed E-state index contributed by atoms with van der Waals surface area (Å²) < 4.78 is 10.3. The topological polar surface area (TPSA) is 101 Å². The Labute approximate surface area is 232 Å². The molecule has 0 bridgehead atoms. The SMILES string of the molecule is COc1ccc(C=CC(=O)Nc2ccc(N=Nc3ccccc3)c(NC(=O)C=Cc3ccc(OC)cc3)c2)cc1. The van der Waals surface area contributed by atoms with E-state index in [2.05, 4.69) is 20.9 Å². The zero-order valence-electron chi connectivity index (χ0n) is 22.1. The molecule has 0 radical (unpaired) electrons. The third-order valence-corrected chi connectivity index (χ3v) is 5.64. The van der Waals surface area contributed by atoms with E-state index < -0.39 is 0 Å². The molecule has 0 heterocycles. The molecule has 4 rings (SSSR count). The molecule has 0 saturated heterocycles. The van der Waals surface area contributed by atoms with Gasteiger partial charge >= 0.3 is 0 Å². The lowest BCUT2D eigenvalue weighted by molar-refractivity contribution is -0.112. The van der Waals surface area contributed by atoms with Crippen LogP contribution in [0.15, 0.2) is 119 Å². The predicted octanol–water partition coefficient (Wildman–Crippen LogP) is 7.42. The Morgan fingerprint density at radius 1 is 0.650 bits per heavy atom. The quantitative estimate of drug-likeness (QED) is 0.164. The summed E-state index contributed by atoms with van der Waals surface area (Å²) in [5, 5.41) is 14.2. The Bertz CT molecular complexity index is 1530. The lowest BCUT2D eigenvalue weighted by Gasteiger charge is -2.09. The van der Waals surface area contributed by atoms with Crippen molar-refractivity contribution in [3.8, 4) is 11.5 Å². The fourth-order valence-electron chi connectivity index (χ4n) is 3.54. The van der Waals surface area contributed by atoms with Gasteiger partial charge in [0, 0.05) is 17.8 Å². The Morgan fingerprint density at radius 2 is 1.20 bits per heavy atom. The van der Waals surface area contributed by atoms with Crippen LogP contribution < -0.4 is 20.1 Å². The molecule has 4 aromatic carbocycles. The Hall–Kier alpha value is -5.50. The molecule has 2 N–H and O–H groups in total. The van der Waals surface area contributed by atoms with Gasteiger partial charge < -0.3 is 20.1 Å². The van der Waals surface area contributed by atoms with Crippen molar-refractivity contribution in [2.45, 2.75) is 0 Å². The minimum absolute atomic E-state index is 0.328. The monoisotopic (exact) mass is 532 g/mol. The van der Waals surface area contributed by atoms with Crippen LogP contribution in [0.25, 0.3) is 12.2 Å². The molecule has 8 heteroatoms. The molecule has 0 aromatic heterocycles. The van der Waals surface area contributed by atoms with Gasteiger partial charge in [0.2, 0.25) is 11.8 Å². The van der Waals surface area contributed by atoms with E-state index in [1.807, 2.05) is 78.9 Å². The fourth-order valence-corrected chi connectivity index (χ4v) is 3.54. The predicted molar refractivity (Wildman–Crippen MR) is 158 cm³/mol. The summed E-state index contributed by atoms with van der Waals surface area (Å²) in [6.45, 7) is 0. The van der Waals surface area contributed by atoms with Crippen molar-refractivity contribution < 1.29 is 19.1 Å². The molecule has 0 aliphatic carbocycles. The van der Waals surface area contributed by atoms with Gasteiger partial charge in [0.25, 0.3) is 0 Å². The van der Waals surface area contributed by atoms with Crippen LogP contribution in [0, 0.1) is 0 Å². The minimum Gasteiger partial charge on any atom is -0.497 e. The fraction of sp³-hybridized carbons (Fsp3) is 0.0625. The van der Waals surface area contributed by atoms with Crippen molar-refractivity contribution in [2.75, 3.05) is 24.9 Å². The number of anilines is 2. The average Bonchev–Trinajstić information content (AvgIpc) is 2.99. The number of azo groups is 1. The van der Waals surface area contributed by atoms with Crippen molar-refractivity contribution in [1.29, 1.82) is 0 Å². The van der Waals surface area contributed by atoms with Crippen LogP contribution in [-0.4, -0.2) is 26.0 Å². The number of hydrogen-bond acceptors (Lipinski definition) is 6. The van der Waals surface area contributed by atoms with Crippen LogP contribution in [0.5, 0.6) is 11.5 Å². The highest BCUT2D eigenvalue weighted by Gasteiger charge is 2.08. The van der Waals surface area contributed by atoms with Gasteiger partial charge in [-0.1, -0.05) is 42.5 Å². The van der Waals surface area contributed by atoms with Gasteiger partial charge in [-0.2, -0.15) is 5.11 Å². The van der Waals surface area contributed by atoms with Crippen LogP contribution in [0.2, 0.25) is 0 Å². The second-order valence-corrected chi connectivity index (χ2v) is 8.46. The Morgan fingerprint density at radius 3 is 1.75 bits per heavy atom. The molecule has 8 nitrogen and oxygen atoms in total. The maximum Gasteiger partial charge on any atom is 0.248 e. The molecule has 0 aliphatic heterocycles. The largest absolute Gasteiger partial charge is 0.497 e. The lowest BCUT2D eigenvalue weighted by Crippen LogP contribution is -2.10. The maximum atomic E-state index is 12.8. The van der Waals surface area contributed by atoms with Gasteiger partial charge in [-0.05, 0) is 77.9 Å². The summed E-state index contributed by atoms with van der Waals surface area (Å²) in [5.74, 6) is 0.772. The number of nitrogens with zero attached hydrogens (tertiary/aromatic N) is 2. The minimum atomic E-state index is -0.366. The van der Waals surface area contributed by atoms with Crippen LogP contribution in [0.1, 0.15) is 11.1 Å². The molecule has 4 aromatic rings. The standard InChI is InChI=1S/C32H28N4O4/c1-39-27-15-8-23(9-16-27)12-20-31(37)33-26-14-19-29(36-35-25-6-4-3-5-7-25)30(22-26)34-32(38)21-13-24-10-17-28(40-2)18-11-24/h3-22H,1-2H3,(H,33,37)(H,34,38). The highest BCUT2D eigenvalue weighted by molar-refractivity contribution is 6.05. The first-order valence-electron chi connectivity index (χ1n) is 12.4. The highest BCUT2D eigenvalue weighted by atomic mass is 16.5. The number of carbonyl (C=O) groups excluding carboxylic acids is 2. The van der Waals surface area contributed by atoms with E-state index >= 15 is 0 Å². The van der Waals surface area contributed by atoms with Crippen molar-refractivity contribution in [2.24, 2.45) is 10.2 Å². The molecule has 2 amide bonds. The molecule has 40 heavy (non-hydrogen) atoms. The molecular formula is C32H28N4O4. The van der Waals surface area contributed by atoms with Crippen molar-refractivity contribution in [3.05, 3.63) is 120 Å². The lowest BCUT2D eigenvalue weighted by atomic mass is 10.2. The van der Waals surface area contributed by atoms with E-state index in [0.717, 1.165) is 22.6 Å². The van der Waals surface area contributed by atoms with Gasteiger partial charge in [-0.3, -0.25) is 9.59 Å². The summed E-state index contributed by atoms with van der Waals surface area (Å²) in [7, 11) is 3.19. The second-order valence-electron chi connectivity index (χ2n) is 8.46. The van der Waals surface area contributed by atoms with Gasteiger partial charge in [0.15, 0.2) is 0 Å². The van der Waals surface area contributed by atoms with Crippen LogP contribution in [0.4, 0.5) is 22.7 Å². The van der Waals surface area contributed by atoms with Gasteiger partial charge in [-0.25, -0.2) is 0 Å². The zero-order valence-corrected chi connectivity index (χ0v) is 22.1. The maximum absolute atomic E-state index is 12.8. The van der Waals surface area contributed by atoms with Crippen molar-refractivity contribution >= 4 is 46.7 Å². The molecule has 0 aliphatic rings. The molecule has 0 saturated carbocycles. The van der Waals surface area contributed by atoms with Gasteiger partial charge in [-0.15, -0.1) is 5.11 Å². The number of ether oxygens (including phenoxy) is 2. The molecule has 0 atom stereocenters. The van der Waals surface area contributed by atoms with Crippen LogP contribution >= 0.6 is 0 Å². The zero-order chi connectivity index (χ0) is 28.2. The summed E-state index contributed by atoms with van der Waals surface area (Å²) in [6.07, 6.45) is 6.24. The smallest absolute Gasteiger partial charge is 0.248 e. The van der Waals surface area contributed by atoms with E-state index in [-0.39, 0.29) is 11.8 Å². The molecule has 0 unspecified atom stereocenters. The third kappa shape index (κ3) is 8.26. The number of benzene rings is 4. The van der Waals surface area contributed by atoms with Gasteiger partial charge in [0.1, 0.15) is 17.2 Å². The second kappa shape index (κ2) is 13.9. The van der Waals surface area contributed by atoms with E-state index in [1.165, 1.54) is 12.2 Å². The molecule has 0 spiro atoms. The molecule has 0 fully saturated rings.